The molecule has 0 bridgehead atoms. The van der Waals surface area contributed by atoms with Crippen molar-refractivity contribution in [2.45, 2.75) is 20.3 Å². The third-order valence-corrected chi connectivity index (χ3v) is 5.56. The van der Waals surface area contributed by atoms with Gasteiger partial charge < -0.3 is 0 Å². The fourth-order valence-electron chi connectivity index (χ4n) is 4.27. The van der Waals surface area contributed by atoms with Crippen LogP contribution in [0, 0.1) is 26.2 Å². The number of nitrogens with zero attached hydrogens (tertiary/aromatic N) is 2. The van der Waals surface area contributed by atoms with E-state index >= 15 is 0 Å². The van der Waals surface area contributed by atoms with Crippen LogP contribution in [0.15, 0.2) is 54.6 Å². The number of hydrogen-bond acceptors (Lipinski definition) is 1. The minimum absolute atomic E-state index is 0.917. The van der Waals surface area contributed by atoms with E-state index in [9.17, 15) is 0 Å². The van der Waals surface area contributed by atoms with Crippen molar-refractivity contribution in [3.63, 3.8) is 0 Å². The highest BCUT2D eigenvalue weighted by molar-refractivity contribution is 6.04. The summed E-state index contributed by atoms with van der Waals surface area (Å²) in [6.07, 6.45) is 14.5. The topological polar surface area (TPSA) is 17.3 Å². The summed E-state index contributed by atoms with van der Waals surface area (Å²) in [4.78, 5) is 4.99. The average Bonchev–Trinajstić information content (AvgIpc) is 2.91. The molecule has 2 aromatic heterocycles. The van der Waals surface area contributed by atoms with E-state index in [1.54, 1.807) is 6.08 Å². The van der Waals surface area contributed by atoms with E-state index in [1.807, 2.05) is 6.08 Å². The van der Waals surface area contributed by atoms with E-state index in [0.29, 0.717) is 0 Å². The lowest BCUT2D eigenvalue weighted by molar-refractivity contribution is 1.16. The summed E-state index contributed by atoms with van der Waals surface area (Å²) < 4.78 is 2.27. The van der Waals surface area contributed by atoms with Crippen LogP contribution in [0.5, 0.6) is 0 Å². The quantitative estimate of drug-likeness (QED) is 0.381. The van der Waals surface area contributed by atoms with Gasteiger partial charge in [-0.2, -0.15) is 0 Å². The number of allylic oxidation sites excluding steroid dienone is 2. The SMILES string of the molecule is C#C/C=C\c1nc2c3c(c4ccc(C)cc4n2c1C)-c1ccccc1CC=C3. The molecule has 0 spiro atoms. The molecular weight excluding hydrogens is 340 g/mol. The van der Waals surface area contributed by atoms with Gasteiger partial charge in [-0.05, 0) is 55.2 Å². The molecule has 0 aliphatic heterocycles. The predicted octanol–water partition coefficient (Wildman–Crippen LogP) is 5.99. The van der Waals surface area contributed by atoms with Gasteiger partial charge in [-0.15, -0.1) is 6.42 Å². The molecule has 2 heterocycles. The van der Waals surface area contributed by atoms with E-state index in [1.165, 1.54) is 38.7 Å². The lowest BCUT2D eigenvalue weighted by Gasteiger charge is -2.16. The summed E-state index contributed by atoms with van der Waals surface area (Å²) >= 11 is 0. The number of hydrogen-bond donors (Lipinski definition) is 0. The molecule has 2 nitrogen and oxygen atoms in total. The van der Waals surface area contributed by atoms with Crippen LogP contribution in [0.1, 0.15) is 28.1 Å². The van der Waals surface area contributed by atoms with Gasteiger partial charge in [-0.25, -0.2) is 4.98 Å². The molecule has 0 amide bonds. The molecule has 0 saturated carbocycles. The first-order valence-electron chi connectivity index (χ1n) is 9.52. The molecule has 0 N–H and O–H groups in total. The van der Waals surface area contributed by atoms with Crippen molar-refractivity contribution in [3.8, 4) is 23.5 Å². The Balaban J connectivity index is 2.03. The van der Waals surface area contributed by atoms with Gasteiger partial charge in [0.2, 0.25) is 0 Å². The van der Waals surface area contributed by atoms with Crippen molar-refractivity contribution < 1.29 is 0 Å². The Morgan fingerprint density at radius 1 is 1.14 bits per heavy atom. The first-order chi connectivity index (χ1) is 13.7. The van der Waals surface area contributed by atoms with E-state index in [4.69, 9.17) is 11.4 Å². The normalized spacial score (nSPS) is 12.9. The zero-order valence-corrected chi connectivity index (χ0v) is 16.0. The Hall–Kier alpha value is -3.57. The summed E-state index contributed by atoms with van der Waals surface area (Å²) in [5.41, 5.74) is 10.5. The van der Waals surface area contributed by atoms with Gasteiger partial charge in [-0.1, -0.05) is 54.5 Å². The van der Waals surface area contributed by atoms with Crippen molar-refractivity contribution >= 4 is 28.7 Å². The van der Waals surface area contributed by atoms with Gasteiger partial charge in [-0.3, -0.25) is 4.40 Å². The molecule has 0 fully saturated rings. The molecule has 2 aromatic carbocycles. The minimum Gasteiger partial charge on any atom is -0.296 e. The van der Waals surface area contributed by atoms with Gasteiger partial charge in [0.05, 0.1) is 11.2 Å². The molecule has 0 radical (unpaired) electrons. The number of imidazole rings is 1. The smallest absolute Gasteiger partial charge is 0.146 e. The molecule has 1 aliphatic carbocycles. The van der Waals surface area contributed by atoms with Gasteiger partial charge in [0.25, 0.3) is 0 Å². The van der Waals surface area contributed by atoms with Gasteiger partial charge in [0.15, 0.2) is 0 Å². The standard InChI is InChI=1S/C26H20N2/c1-4-5-13-23-18(3)28-24-16-17(2)14-15-21(24)25-20-11-7-6-9-19(20)10-8-12-22(25)26(28)27-23/h1,5-9,11-16H,10H2,2-3H3/b13-5-. The molecule has 2 heteroatoms. The van der Waals surface area contributed by atoms with E-state index in [-0.39, 0.29) is 0 Å². The summed E-state index contributed by atoms with van der Waals surface area (Å²) in [6, 6.07) is 15.4. The summed E-state index contributed by atoms with van der Waals surface area (Å²) in [5, 5.41) is 1.25. The van der Waals surface area contributed by atoms with Crippen LogP contribution < -0.4 is 0 Å². The zero-order valence-electron chi connectivity index (χ0n) is 16.0. The van der Waals surface area contributed by atoms with Crippen LogP contribution >= 0.6 is 0 Å². The van der Waals surface area contributed by atoms with Crippen LogP contribution in [-0.2, 0) is 6.42 Å². The zero-order chi connectivity index (χ0) is 19.3. The number of pyridine rings is 1. The third-order valence-electron chi connectivity index (χ3n) is 5.56. The van der Waals surface area contributed by atoms with Crippen LogP contribution in [0.3, 0.4) is 0 Å². The minimum atomic E-state index is 0.917. The fourth-order valence-corrected chi connectivity index (χ4v) is 4.27. The highest BCUT2D eigenvalue weighted by atomic mass is 15.0. The Kier molecular flexibility index (Phi) is 3.70. The van der Waals surface area contributed by atoms with Crippen LogP contribution in [0.2, 0.25) is 0 Å². The predicted molar refractivity (Wildman–Crippen MR) is 118 cm³/mol. The van der Waals surface area contributed by atoms with Gasteiger partial charge in [0, 0.05) is 22.2 Å². The number of rotatable bonds is 1. The molecule has 0 atom stereocenters. The lowest BCUT2D eigenvalue weighted by Crippen LogP contribution is -1.98. The summed E-state index contributed by atoms with van der Waals surface area (Å²) in [6.45, 7) is 4.24. The Morgan fingerprint density at radius 2 is 2.00 bits per heavy atom. The Bertz CT molecular complexity index is 1360. The Morgan fingerprint density at radius 3 is 2.86 bits per heavy atom. The highest BCUT2D eigenvalue weighted by Crippen LogP contribution is 2.40. The Labute approximate surface area is 164 Å². The van der Waals surface area contributed by atoms with Crippen LogP contribution in [0.25, 0.3) is 39.8 Å². The van der Waals surface area contributed by atoms with Gasteiger partial charge >= 0.3 is 0 Å². The molecule has 1 aliphatic rings. The van der Waals surface area contributed by atoms with Crippen molar-refractivity contribution in [3.05, 3.63) is 82.7 Å². The molecule has 0 unspecified atom stereocenters. The molecular formula is C26H20N2. The first kappa shape index (κ1) is 16.6. The van der Waals surface area contributed by atoms with Crippen LogP contribution in [-0.4, -0.2) is 9.38 Å². The number of aryl methyl sites for hydroxylation is 2. The maximum atomic E-state index is 5.43. The second kappa shape index (κ2) is 6.25. The highest BCUT2D eigenvalue weighted by Gasteiger charge is 2.21. The molecule has 134 valence electrons. The number of terminal acetylenes is 1. The largest absolute Gasteiger partial charge is 0.296 e. The molecule has 5 rings (SSSR count). The average molecular weight is 360 g/mol. The maximum Gasteiger partial charge on any atom is 0.146 e. The second-order valence-corrected chi connectivity index (χ2v) is 7.31. The van der Waals surface area contributed by atoms with E-state index in [0.717, 1.165) is 23.5 Å². The number of fused-ring (bicyclic) bond motifs is 8. The van der Waals surface area contributed by atoms with Crippen molar-refractivity contribution in [2.24, 2.45) is 0 Å². The first-order valence-corrected chi connectivity index (χ1v) is 9.52. The monoisotopic (exact) mass is 360 g/mol. The van der Waals surface area contributed by atoms with Crippen molar-refractivity contribution in [1.29, 1.82) is 0 Å². The van der Waals surface area contributed by atoms with Crippen molar-refractivity contribution in [1.82, 2.24) is 9.38 Å². The second-order valence-electron chi connectivity index (χ2n) is 7.31. The lowest BCUT2D eigenvalue weighted by atomic mass is 9.93. The van der Waals surface area contributed by atoms with E-state index < -0.39 is 0 Å². The molecule has 0 saturated heterocycles. The summed E-state index contributed by atoms with van der Waals surface area (Å²) in [7, 11) is 0. The molecule has 28 heavy (non-hydrogen) atoms. The van der Waals surface area contributed by atoms with Crippen molar-refractivity contribution in [2.75, 3.05) is 0 Å². The number of benzene rings is 2. The van der Waals surface area contributed by atoms with Gasteiger partial charge in [0.1, 0.15) is 5.65 Å². The third kappa shape index (κ3) is 2.33. The maximum absolute atomic E-state index is 5.43. The summed E-state index contributed by atoms with van der Waals surface area (Å²) in [5.74, 6) is 2.58. The fraction of sp³-hybridized carbons (Fsp3) is 0.115. The van der Waals surface area contributed by atoms with Crippen LogP contribution in [0.4, 0.5) is 0 Å². The molecule has 4 aromatic rings. The number of aromatic nitrogens is 2. The van der Waals surface area contributed by atoms with E-state index in [2.05, 4.69) is 78.8 Å².